The van der Waals surface area contributed by atoms with E-state index in [0.29, 0.717) is 15.6 Å². The molecule has 0 saturated heterocycles. The third kappa shape index (κ3) is 5.93. The van der Waals surface area contributed by atoms with Crippen molar-refractivity contribution in [1.29, 1.82) is 0 Å². The minimum atomic E-state index is -0.606. The zero-order valence-corrected chi connectivity index (χ0v) is 18.3. The summed E-state index contributed by atoms with van der Waals surface area (Å²) >= 11 is 19.4. The van der Waals surface area contributed by atoms with E-state index in [1.165, 1.54) is 17.6 Å². The molecule has 0 saturated carbocycles. The number of carbonyl (C=O) groups excluding carboxylic acids is 2. The molecule has 0 fully saturated rings. The maximum atomic E-state index is 12.7. The van der Waals surface area contributed by atoms with Crippen LogP contribution in [0.3, 0.4) is 0 Å². The zero-order chi connectivity index (χ0) is 21.5. The van der Waals surface area contributed by atoms with Gasteiger partial charge in [-0.2, -0.15) is 5.10 Å². The molecule has 0 atom stereocenters. The van der Waals surface area contributed by atoms with E-state index in [-0.39, 0.29) is 16.3 Å². The standard InChI is InChI=1S/C21H14Cl3N3O2S/c22-14-8-7-13(18(24)10-14)12-25-27-21(29)19(11-15-4-3-9-30-15)26-20(28)16-5-1-2-6-17(16)23/h1-12H,(H,26,28)(H,27,29)/b19-11+,25-12-. The van der Waals surface area contributed by atoms with E-state index >= 15 is 0 Å². The number of halogens is 3. The molecule has 5 nitrogen and oxygen atoms in total. The molecule has 3 rings (SSSR count). The average Bonchev–Trinajstić information content (AvgIpc) is 3.22. The summed E-state index contributed by atoms with van der Waals surface area (Å²) in [6.07, 6.45) is 2.94. The van der Waals surface area contributed by atoms with Crippen molar-refractivity contribution in [1.82, 2.24) is 10.7 Å². The molecule has 2 N–H and O–H groups in total. The molecule has 0 spiro atoms. The Balaban J connectivity index is 1.78. The third-order valence-electron chi connectivity index (χ3n) is 3.77. The van der Waals surface area contributed by atoms with Crippen LogP contribution in [-0.4, -0.2) is 18.0 Å². The minimum absolute atomic E-state index is 0.0155. The highest BCUT2D eigenvalue weighted by Gasteiger charge is 2.16. The van der Waals surface area contributed by atoms with Crippen LogP contribution in [0.15, 0.2) is 70.8 Å². The van der Waals surface area contributed by atoms with Gasteiger partial charge in [-0.25, -0.2) is 5.43 Å². The van der Waals surface area contributed by atoms with E-state index in [4.69, 9.17) is 34.8 Å². The van der Waals surface area contributed by atoms with Crippen LogP contribution in [0.1, 0.15) is 20.8 Å². The van der Waals surface area contributed by atoms with E-state index in [1.807, 2.05) is 17.5 Å². The summed E-state index contributed by atoms with van der Waals surface area (Å²) in [6.45, 7) is 0. The quantitative estimate of drug-likeness (QED) is 0.274. The first-order valence-corrected chi connectivity index (χ1v) is 10.5. The van der Waals surface area contributed by atoms with Gasteiger partial charge in [-0.1, -0.05) is 59.1 Å². The van der Waals surface area contributed by atoms with Crippen LogP contribution >= 0.6 is 46.1 Å². The lowest BCUT2D eigenvalue weighted by molar-refractivity contribution is -0.117. The highest BCUT2D eigenvalue weighted by molar-refractivity contribution is 7.10. The normalized spacial score (nSPS) is 11.5. The predicted molar refractivity (Wildman–Crippen MR) is 123 cm³/mol. The second kappa shape index (κ2) is 10.4. The Kier molecular flexibility index (Phi) is 7.65. The number of benzene rings is 2. The lowest BCUT2D eigenvalue weighted by Gasteiger charge is -2.09. The molecule has 0 aliphatic heterocycles. The van der Waals surface area contributed by atoms with Gasteiger partial charge in [0.15, 0.2) is 0 Å². The molecule has 0 radical (unpaired) electrons. The van der Waals surface area contributed by atoms with Gasteiger partial charge in [-0.3, -0.25) is 9.59 Å². The Morgan fingerprint density at radius 2 is 1.77 bits per heavy atom. The van der Waals surface area contributed by atoms with E-state index in [0.717, 1.165) is 4.88 Å². The molecular formula is C21H14Cl3N3O2S. The van der Waals surface area contributed by atoms with Crippen molar-refractivity contribution in [2.24, 2.45) is 5.10 Å². The molecule has 0 aliphatic carbocycles. The van der Waals surface area contributed by atoms with Crippen LogP contribution in [0.4, 0.5) is 0 Å². The summed E-state index contributed by atoms with van der Waals surface area (Å²) in [5.41, 5.74) is 3.22. The van der Waals surface area contributed by atoms with Crippen molar-refractivity contribution in [3.05, 3.63) is 96.7 Å². The van der Waals surface area contributed by atoms with Crippen molar-refractivity contribution in [3.63, 3.8) is 0 Å². The first-order chi connectivity index (χ1) is 14.4. The van der Waals surface area contributed by atoms with Gasteiger partial charge < -0.3 is 5.32 Å². The van der Waals surface area contributed by atoms with E-state index in [9.17, 15) is 9.59 Å². The number of amides is 2. The van der Waals surface area contributed by atoms with Crippen LogP contribution in [-0.2, 0) is 4.79 Å². The number of nitrogens with one attached hydrogen (secondary N) is 2. The fourth-order valence-corrected chi connectivity index (χ4v) is 3.67. The Labute approximate surface area is 192 Å². The first-order valence-electron chi connectivity index (χ1n) is 8.53. The van der Waals surface area contributed by atoms with Crippen LogP contribution in [0.25, 0.3) is 6.08 Å². The number of rotatable bonds is 6. The molecule has 0 unspecified atom stereocenters. The molecule has 2 aromatic carbocycles. The fraction of sp³-hybridized carbons (Fsp3) is 0. The molecule has 0 aliphatic rings. The van der Waals surface area contributed by atoms with Crippen molar-refractivity contribution in [2.75, 3.05) is 0 Å². The number of hydrogen-bond acceptors (Lipinski definition) is 4. The largest absolute Gasteiger partial charge is 0.317 e. The van der Waals surface area contributed by atoms with E-state index < -0.39 is 11.8 Å². The van der Waals surface area contributed by atoms with Crippen LogP contribution in [0.2, 0.25) is 15.1 Å². The Morgan fingerprint density at radius 3 is 2.47 bits per heavy atom. The molecule has 0 bridgehead atoms. The molecular weight excluding hydrogens is 465 g/mol. The average molecular weight is 479 g/mol. The lowest BCUT2D eigenvalue weighted by atomic mass is 10.2. The van der Waals surface area contributed by atoms with Crippen molar-refractivity contribution >= 4 is 70.2 Å². The first kappa shape index (κ1) is 22.1. The summed E-state index contributed by atoms with van der Waals surface area (Å²) in [4.78, 5) is 26.0. The molecule has 2 amide bonds. The Morgan fingerprint density at radius 1 is 0.967 bits per heavy atom. The zero-order valence-electron chi connectivity index (χ0n) is 15.2. The van der Waals surface area contributed by atoms with E-state index in [2.05, 4.69) is 15.8 Å². The minimum Gasteiger partial charge on any atom is -0.317 e. The SMILES string of the molecule is O=C(N/N=C\c1ccc(Cl)cc1Cl)/C(=C\c1cccs1)NC(=O)c1ccccc1Cl. The van der Waals surface area contributed by atoms with Gasteiger partial charge in [-0.15, -0.1) is 11.3 Å². The van der Waals surface area contributed by atoms with Gasteiger partial charge >= 0.3 is 0 Å². The van der Waals surface area contributed by atoms with Crippen molar-refractivity contribution < 1.29 is 9.59 Å². The number of carbonyl (C=O) groups is 2. The number of hydrogen-bond donors (Lipinski definition) is 2. The second-order valence-corrected chi connectivity index (χ2v) is 8.10. The number of nitrogens with zero attached hydrogens (tertiary/aromatic N) is 1. The summed E-state index contributed by atoms with van der Waals surface area (Å²) < 4.78 is 0. The maximum Gasteiger partial charge on any atom is 0.287 e. The molecule has 152 valence electrons. The predicted octanol–water partition coefficient (Wildman–Crippen LogP) is 5.63. The lowest BCUT2D eigenvalue weighted by Crippen LogP contribution is -2.33. The van der Waals surface area contributed by atoms with Gasteiger partial charge in [0.2, 0.25) is 0 Å². The number of hydrazone groups is 1. The molecule has 1 aromatic heterocycles. The van der Waals surface area contributed by atoms with Gasteiger partial charge in [0.25, 0.3) is 11.8 Å². The summed E-state index contributed by atoms with van der Waals surface area (Å²) in [5.74, 6) is -1.12. The maximum absolute atomic E-state index is 12.7. The molecule has 30 heavy (non-hydrogen) atoms. The Hall–Kier alpha value is -2.64. The fourth-order valence-electron chi connectivity index (χ4n) is 2.34. The summed E-state index contributed by atoms with van der Waals surface area (Å²) in [7, 11) is 0. The van der Waals surface area contributed by atoms with E-state index in [1.54, 1.807) is 48.5 Å². The summed E-state index contributed by atoms with van der Waals surface area (Å²) in [6, 6.07) is 15.1. The van der Waals surface area contributed by atoms with Gasteiger partial charge in [0.05, 0.1) is 21.8 Å². The Bertz CT molecular complexity index is 1130. The second-order valence-electron chi connectivity index (χ2n) is 5.87. The van der Waals surface area contributed by atoms with Gasteiger partial charge in [0, 0.05) is 15.5 Å². The highest BCUT2D eigenvalue weighted by atomic mass is 35.5. The number of thiophene rings is 1. The molecule has 9 heteroatoms. The van der Waals surface area contributed by atoms with Crippen molar-refractivity contribution in [3.8, 4) is 0 Å². The third-order valence-corrected chi connectivity index (χ3v) is 5.48. The van der Waals surface area contributed by atoms with Gasteiger partial charge in [0.1, 0.15) is 5.70 Å². The monoisotopic (exact) mass is 477 g/mol. The topological polar surface area (TPSA) is 70.6 Å². The molecule has 3 aromatic rings. The van der Waals surface area contributed by atoms with Crippen LogP contribution in [0, 0.1) is 0 Å². The molecule has 1 heterocycles. The smallest absolute Gasteiger partial charge is 0.287 e. The van der Waals surface area contributed by atoms with Crippen LogP contribution < -0.4 is 10.7 Å². The van der Waals surface area contributed by atoms with Crippen molar-refractivity contribution in [2.45, 2.75) is 0 Å². The highest BCUT2D eigenvalue weighted by Crippen LogP contribution is 2.19. The summed E-state index contributed by atoms with van der Waals surface area (Å²) in [5, 5.41) is 9.53. The van der Waals surface area contributed by atoms with Gasteiger partial charge in [-0.05, 0) is 41.8 Å². The van der Waals surface area contributed by atoms with Crippen LogP contribution in [0.5, 0.6) is 0 Å².